The molecule has 0 saturated carbocycles. The van der Waals surface area contributed by atoms with Crippen LogP contribution in [0.1, 0.15) is 43.6 Å². The summed E-state index contributed by atoms with van der Waals surface area (Å²) in [7, 11) is 0. The van der Waals surface area contributed by atoms with Gasteiger partial charge in [-0.2, -0.15) is 0 Å². The lowest BCUT2D eigenvalue weighted by molar-refractivity contribution is 0.183. The van der Waals surface area contributed by atoms with Gasteiger partial charge < -0.3 is 10.1 Å². The molecule has 3 nitrogen and oxygen atoms in total. The van der Waals surface area contributed by atoms with E-state index in [4.69, 9.17) is 4.74 Å². The van der Waals surface area contributed by atoms with E-state index in [1.807, 2.05) is 0 Å². The molecule has 21 heavy (non-hydrogen) atoms. The third-order valence-electron chi connectivity index (χ3n) is 4.77. The summed E-state index contributed by atoms with van der Waals surface area (Å²) in [6, 6.07) is 8.77. The standard InChI is InChI=1S/C18H28N2O/c1-2-11-20(12-3-1)13-14-21-18-8-6-16(7-9-18)17-5-4-10-19-15-17/h6-9,17,19H,1-5,10-15H2. The van der Waals surface area contributed by atoms with Gasteiger partial charge in [-0.15, -0.1) is 0 Å². The zero-order valence-corrected chi connectivity index (χ0v) is 13.0. The van der Waals surface area contributed by atoms with Crippen LogP contribution in [0.5, 0.6) is 5.75 Å². The second kappa shape index (κ2) is 7.81. The minimum Gasteiger partial charge on any atom is -0.492 e. The number of nitrogens with zero attached hydrogens (tertiary/aromatic N) is 1. The van der Waals surface area contributed by atoms with Crippen LogP contribution < -0.4 is 10.1 Å². The highest BCUT2D eigenvalue weighted by molar-refractivity contribution is 5.29. The number of ether oxygens (including phenoxy) is 1. The molecule has 1 atom stereocenters. The first-order chi connectivity index (χ1) is 10.4. The highest BCUT2D eigenvalue weighted by atomic mass is 16.5. The summed E-state index contributed by atoms with van der Waals surface area (Å²) in [5.74, 6) is 1.70. The molecule has 1 aromatic carbocycles. The minimum atomic E-state index is 0.682. The zero-order chi connectivity index (χ0) is 14.3. The normalized spacial score (nSPS) is 23.9. The molecule has 3 heteroatoms. The molecule has 0 radical (unpaired) electrons. The molecule has 0 amide bonds. The molecule has 2 heterocycles. The van der Waals surface area contributed by atoms with Crippen molar-refractivity contribution in [2.75, 3.05) is 39.3 Å². The van der Waals surface area contributed by atoms with Gasteiger partial charge in [0.15, 0.2) is 0 Å². The molecule has 1 N–H and O–H groups in total. The number of likely N-dealkylation sites (tertiary alicyclic amines) is 1. The van der Waals surface area contributed by atoms with Crippen molar-refractivity contribution in [1.82, 2.24) is 10.2 Å². The van der Waals surface area contributed by atoms with Crippen LogP contribution >= 0.6 is 0 Å². The van der Waals surface area contributed by atoms with Crippen molar-refractivity contribution in [1.29, 1.82) is 0 Å². The average molecular weight is 288 g/mol. The first kappa shape index (κ1) is 14.9. The predicted molar refractivity (Wildman–Crippen MR) is 87.1 cm³/mol. The van der Waals surface area contributed by atoms with Gasteiger partial charge in [0.1, 0.15) is 12.4 Å². The largest absolute Gasteiger partial charge is 0.492 e. The van der Waals surface area contributed by atoms with Crippen LogP contribution in [-0.2, 0) is 0 Å². The fourth-order valence-corrected chi connectivity index (χ4v) is 3.45. The van der Waals surface area contributed by atoms with Gasteiger partial charge >= 0.3 is 0 Å². The number of piperidine rings is 2. The van der Waals surface area contributed by atoms with Gasteiger partial charge in [-0.05, 0) is 68.9 Å². The molecule has 116 valence electrons. The molecule has 0 aromatic heterocycles. The van der Waals surface area contributed by atoms with Crippen LogP contribution in [0, 0.1) is 0 Å². The molecule has 0 bridgehead atoms. The van der Waals surface area contributed by atoms with Gasteiger partial charge in [0, 0.05) is 13.1 Å². The van der Waals surface area contributed by atoms with Crippen molar-refractivity contribution in [3.63, 3.8) is 0 Å². The molecular formula is C18H28N2O. The second-order valence-corrected chi connectivity index (χ2v) is 6.36. The van der Waals surface area contributed by atoms with Gasteiger partial charge in [0.05, 0.1) is 0 Å². The Morgan fingerprint density at radius 3 is 2.57 bits per heavy atom. The quantitative estimate of drug-likeness (QED) is 0.901. The molecule has 0 spiro atoms. The summed E-state index contributed by atoms with van der Waals surface area (Å²) < 4.78 is 5.89. The number of benzene rings is 1. The molecule has 2 saturated heterocycles. The number of rotatable bonds is 5. The zero-order valence-electron chi connectivity index (χ0n) is 13.0. The molecule has 2 aliphatic rings. The lowest BCUT2D eigenvalue weighted by Crippen LogP contribution is -2.33. The van der Waals surface area contributed by atoms with Crippen molar-refractivity contribution < 1.29 is 4.74 Å². The lowest BCUT2D eigenvalue weighted by atomic mass is 9.92. The van der Waals surface area contributed by atoms with Gasteiger partial charge in [0.2, 0.25) is 0 Å². The SMILES string of the molecule is c1cc(C2CCCNC2)ccc1OCCN1CCCCC1. The summed E-state index contributed by atoms with van der Waals surface area (Å²) in [6.45, 7) is 6.66. The lowest BCUT2D eigenvalue weighted by Gasteiger charge is -2.26. The number of hydrogen-bond acceptors (Lipinski definition) is 3. The third kappa shape index (κ3) is 4.45. The van der Waals surface area contributed by atoms with E-state index in [-0.39, 0.29) is 0 Å². The van der Waals surface area contributed by atoms with Gasteiger partial charge in [0.25, 0.3) is 0 Å². The molecule has 1 aromatic rings. The fourth-order valence-electron chi connectivity index (χ4n) is 3.45. The molecule has 1 unspecified atom stereocenters. The van der Waals surface area contributed by atoms with E-state index in [9.17, 15) is 0 Å². The number of hydrogen-bond donors (Lipinski definition) is 1. The first-order valence-electron chi connectivity index (χ1n) is 8.58. The minimum absolute atomic E-state index is 0.682. The highest BCUT2D eigenvalue weighted by Gasteiger charge is 2.15. The van der Waals surface area contributed by atoms with Gasteiger partial charge in [-0.1, -0.05) is 18.6 Å². The van der Waals surface area contributed by atoms with E-state index in [1.165, 1.54) is 57.3 Å². The second-order valence-electron chi connectivity index (χ2n) is 6.36. The molecule has 2 aliphatic heterocycles. The summed E-state index contributed by atoms with van der Waals surface area (Å²) in [5.41, 5.74) is 1.45. The Hall–Kier alpha value is -1.06. The van der Waals surface area contributed by atoms with Crippen LogP contribution in [0.25, 0.3) is 0 Å². The van der Waals surface area contributed by atoms with Crippen molar-refractivity contribution in [2.24, 2.45) is 0 Å². The molecular weight excluding hydrogens is 260 g/mol. The number of nitrogens with one attached hydrogen (secondary N) is 1. The maximum atomic E-state index is 5.89. The topological polar surface area (TPSA) is 24.5 Å². The Bertz CT molecular complexity index is 406. The van der Waals surface area contributed by atoms with E-state index in [1.54, 1.807) is 0 Å². The van der Waals surface area contributed by atoms with Crippen LogP contribution in [0.3, 0.4) is 0 Å². The predicted octanol–water partition coefficient (Wildman–Crippen LogP) is 3.02. The summed E-state index contributed by atoms with van der Waals surface area (Å²) in [5, 5.41) is 3.48. The smallest absolute Gasteiger partial charge is 0.119 e. The Balaban J connectivity index is 1.43. The summed E-state index contributed by atoms with van der Waals surface area (Å²) in [4.78, 5) is 2.52. The Morgan fingerprint density at radius 1 is 1.05 bits per heavy atom. The maximum absolute atomic E-state index is 5.89. The molecule has 0 aliphatic carbocycles. The van der Waals surface area contributed by atoms with E-state index in [0.717, 1.165) is 25.4 Å². The van der Waals surface area contributed by atoms with E-state index < -0.39 is 0 Å². The maximum Gasteiger partial charge on any atom is 0.119 e. The summed E-state index contributed by atoms with van der Waals surface area (Å²) in [6.07, 6.45) is 6.70. The summed E-state index contributed by atoms with van der Waals surface area (Å²) >= 11 is 0. The Morgan fingerprint density at radius 2 is 1.86 bits per heavy atom. The average Bonchev–Trinajstić information content (AvgIpc) is 2.57. The van der Waals surface area contributed by atoms with Gasteiger partial charge in [-0.3, -0.25) is 4.90 Å². The van der Waals surface area contributed by atoms with Crippen molar-refractivity contribution in [3.8, 4) is 5.75 Å². The van der Waals surface area contributed by atoms with Crippen LogP contribution in [0.15, 0.2) is 24.3 Å². The van der Waals surface area contributed by atoms with Crippen LogP contribution in [0.4, 0.5) is 0 Å². The third-order valence-corrected chi connectivity index (χ3v) is 4.77. The van der Waals surface area contributed by atoms with Crippen LogP contribution in [-0.4, -0.2) is 44.2 Å². The molecule has 2 fully saturated rings. The van der Waals surface area contributed by atoms with Crippen molar-refractivity contribution in [2.45, 2.75) is 38.0 Å². The van der Waals surface area contributed by atoms with E-state index in [0.29, 0.717) is 5.92 Å². The van der Waals surface area contributed by atoms with Gasteiger partial charge in [-0.25, -0.2) is 0 Å². The van der Waals surface area contributed by atoms with E-state index in [2.05, 4.69) is 34.5 Å². The Kier molecular flexibility index (Phi) is 5.53. The van der Waals surface area contributed by atoms with Crippen LogP contribution in [0.2, 0.25) is 0 Å². The Labute approximate surface area is 128 Å². The van der Waals surface area contributed by atoms with Crippen molar-refractivity contribution >= 4 is 0 Å². The first-order valence-corrected chi connectivity index (χ1v) is 8.58. The van der Waals surface area contributed by atoms with E-state index >= 15 is 0 Å². The fraction of sp³-hybridized carbons (Fsp3) is 0.667. The van der Waals surface area contributed by atoms with Crippen molar-refractivity contribution in [3.05, 3.63) is 29.8 Å². The highest BCUT2D eigenvalue weighted by Crippen LogP contribution is 2.25. The monoisotopic (exact) mass is 288 g/mol. The molecule has 3 rings (SSSR count).